The molecule has 4 aromatic carbocycles. The van der Waals surface area contributed by atoms with Gasteiger partial charge in [0.15, 0.2) is 0 Å². The van der Waals surface area contributed by atoms with Gasteiger partial charge in [0, 0.05) is 0 Å². The molecule has 0 radical (unpaired) electrons. The Balaban J connectivity index is 0.000000212. The standard InChI is InChI=1S/C16H13NO3.C15H13NO2/c1-19-16(18)13-7-8-14(10-17)15(9-13)20-11-12-5-3-2-4-6-12;16-9-14-7-6-13(10-17)8-15(14)18-11-12-4-2-1-3-5-12/h2-9H,11H2,1H3;1-8,17H,10-11H2. The van der Waals surface area contributed by atoms with Gasteiger partial charge >= 0.3 is 5.97 Å². The third-order valence-electron chi connectivity index (χ3n) is 5.35. The number of benzene rings is 4. The average molecular weight is 507 g/mol. The van der Waals surface area contributed by atoms with E-state index in [-0.39, 0.29) is 6.61 Å². The van der Waals surface area contributed by atoms with E-state index in [0.717, 1.165) is 16.7 Å². The number of carbonyl (C=O) groups excluding carboxylic acids is 1. The monoisotopic (exact) mass is 506 g/mol. The highest BCUT2D eigenvalue weighted by Crippen LogP contribution is 2.22. The topological polar surface area (TPSA) is 113 Å². The Morgan fingerprint density at radius 3 is 1.68 bits per heavy atom. The smallest absolute Gasteiger partial charge is 0.337 e. The van der Waals surface area contributed by atoms with Gasteiger partial charge in [-0.1, -0.05) is 66.7 Å². The number of esters is 1. The van der Waals surface area contributed by atoms with Gasteiger partial charge in [-0.2, -0.15) is 10.5 Å². The number of nitriles is 2. The van der Waals surface area contributed by atoms with E-state index < -0.39 is 5.97 Å². The molecule has 0 aromatic heterocycles. The summed E-state index contributed by atoms with van der Waals surface area (Å²) in [5, 5.41) is 27.1. The number of methoxy groups -OCH3 is 1. The molecular weight excluding hydrogens is 480 g/mol. The van der Waals surface area contributed by atoms with Crippen molar-refractivity contribution in [3.63, 3.8) is 0 Å². The van der Waals surface area contributed by atoms with Crippen molar-refractivity contribution in [1.29, 1.82) is 10.5 Å². The fourth-order valence-electron chi connectivity index (χ4n) is 3.33. The predicted molar refractivity (Wildman–Crippen MR) is 141 cm³/mol. The first kappa shape index (κ1) is 27.5. The van der Waals surface area contributed by atoms with E-state index in [1.54, 1.807) is 30.3 Å². The second-order valence-corrected chi connectivity index (χ2v) is 7.96. The third kappa shape index (κ3) is 7.96. The van der Waals surface area contributed by atoms with Crippen LogP contribution in [-0.4, -0.2) is 18.2 Å². The van der Waals surface area contributed by atoms with Crippen molar-refractivity contribution in [3.8, 4) is 23.6 Å². The second kappa shape index (κ2) is 14.4. The Bertz CT molecular complexity index is 1420. The highest BCUT2D eigenvalue weighted by Gasteiger charge is 2.11. The van der Waals surface area contributed by atoms with Crippen molar-refractivity contribution < 1.29 is 24.1 Å². The SMILES string of the molecule is COC(=O)c1ccc(C#N)c(OCc2ccccc2)c1.N#Cc1ccc(CO)cc1OCc1ccccc1. The molecule has 0 saturated heterocycles. The molecule has 38 heavy (non-hydrogen) atoms. The Morgan fingerprint density at radius 1 is 0.711 bits per heavy atom. The predicted octanol–water partition coefficient (Wildman–Crippen LogP) is 5.55. The molecule has 0 spiro atoms. The maximum atomic E-state index is 11.5. The molecule has 0 aliphatic heterocycles. The third-order valence-corrected chi connectivity index (χ3v) is 5.35. The minimum Gasteiger partial charge on any atom is -0.488 e. The number of aliphatic hydroxyl groups is 1. The number of hydrogen-bond acceptors (Lipinski definition) is 7. The number of nitrogens with zero attached hydrogens (tertiary/aromatic N) is 2. The van der Waals surface area contributed by atoms with E-state index in [1.165, 1.54) is 13.2 Å². The minimum absolute atomic E-state index is 0.0621. The molecule has 0 bridgehead atoms. The highest BCUT2D eigenvalue weighted by atomic mass is 16.5. The zero-order valence-electron chi connectivity index (χ0n) is 20.8. The normalized spacial score (nSPS) is 9.68. The Morgan fingerprint density at radius 2 is 1.21 bits per heavy atom. The van der Waals surface area contributed by atoms with E-state index in [0.29, 0.717) is 41.4 Å². The van der Waals surface area contributed by atoms with E-state index in [9.17, 15) is 4.79 Å². The highest BCUT2D eigenvalue weighted by molar-refractivity contribution is 5.90. The van der Waals surface area contributed by atoms with Crippen molar-refractivity contribution in [3.05, 3.63) is 130 Å². The Labute approximate surface area is 221 Å². The molecule has 0 amide bonds. The van der Waals surface area contributed by atoms with Crippen molar-refractivity contribution in [2.75, 3.05) is 7.11 Å². The summed E-state index contributed by atoms with van der Waals surface area (Å²) in [4.78, 5) is 11.5. The van der Waals surface area contributed by atoms with Gasteiger partial charge in [-0.15, -0.1) is 0 Å². The molecule has 0 atom stereocenters. The van der Waals surface area contributed by atoms with Gasteiger partial charge in [0.05, 0.1) is 30.4 Å². The van der Waals surface area contributed by atoms with Gasteiger partial charge in [-0.3, -0.25) is 0 Å². The van der Waals surface area contributed by atoms with E-state index >= 15 is 0 Å². The van der Waals surface area contributed by atoms with Crippen LogP contribution in [0.3, 0.4) is 0 Å². The van der Waals surface area contributed by atoms with Crippen LogP contribution in [0.25, 0.3) is 0 Å². The van der Waals surface area contributed by atoms with Crippen molar-refractivity contribution in [1.82, 2.24) is 0 Å². The molecule has 0 saturated carbocycles. The quantitative estimate of drug-likeness (QED) is 0.312. The summed E-state index contributed by atoms with van der Waals surface area (Å²) in [6.07, 6.45) is 0. The summed E-state index contributed by atoms with van der Waals surface area (Å²) in [5.74, 6) is 0.422. The lowest BCUT2D eigenvalue weighted by atomic mass is 10.1. The van der Waals surface area contributed by atoms with Gasteiger partial charge in [0.2, 0.25) is 0 Å². The van der Waals surface area contributed by atoms with Crippen LogP contribution in [0.2, 0.25) is 0 Å². The summed E-state index contributed by atoms with van der Waals surface area (Å²) in [6.45, 7) is 0.679. The molecule has 190 valence electrons. The number of aliphatic hydroxyl groups excluding tert-OH is 1. The zero-order chi connectivity index (χ0) is 27.2. The van der Waals surface area contributed by atoms with E-state index in [4.69, 9.17) is 25.1 Å². The van der Waals surface area contributed by atoms with Gasteiger partial charge < -0.3 is 19.3 Å². The minimum atomic E-state index is -0.459. The fourth-order valence-corrected chi connectivity index (χ4v) is 3.33. The Hall–Kier alpha value is -5.11. The van der Waals surface area contributed by atoms with Gasteiger partial charge in [0.1, 0.15) is 36.9 Å². The van der Waals surface area contributed by atoms with Crippen LogP contribution in [0, 0.1) is 22.7 Å². The van der Waals surface area contributed by atoms with Crippen LogP contribution in [0.1, 0.15) is 38.2 Å². The molecule has 0 unspecified atom stereocenters. The van der Waals surface area contributed by atoms with Gasteiger partial charge in [0.25, 0.3) is 0 Å². The van der Waals surface area contributed by atoms with Gasteiger partial charge in [-0.25, -0.2) is 4.79 Å². The van der Waals surface area contributed by atoms with Crippen LogP contribution in [0.15, 0.2) is 97.1 Å². The summed E-state index contributed by atoms with van der Waals surface area (Å²) in [7, 11) is 1.31. The lowest BCUT2D eigenvalue weighted by Crippen LogP contribution is -2.03. The van der Waals surface area contributed by atoms with Crippen LogP contribution in [0.5, 0.6) is 11.5 Å². The maximum Gasteiger partial charge on any atom is 0.337 e. The van der Waals surface area contributed by atoms with Crippen molar-refractivity contribution >= 4 is 5.97 Å². The van der Waals surface area contributed by atoms with Crippen molar-refractivity contribution in [2.45, 2.75) is 19.8 Å². The van der Waals surface area contributed by atoms with E-state index in [1.807, 2.05) is 66.7 Å². The van der Waals surface area contributed by atoms with Crippen LogP contribution in [-0.2, 0) is 24.6 Å². The van der Waals surface area contributed by atoms with Crippen LogP contribution in [0.4, 0.5) is 0 Å². The average Bonchev–Trinajstić information content (AvgIpc) is 2.99. The van der Waals surface area contributed by atoms with Crippen LogP contribution < -0.4 is 9.47 Å². The van der Waals surface area contributed by atoms with Gasteiger partial charge in [-0.05, 0) is 47.0 Å². The molecular formula is C31H26N2O5. The van der Waals surface area contributed by atoms with E-state index in [2.05, 4.69) is 10.8 Å². The molecule has 1 N–H and O–H groups in total. The molecule has 0 aliphatic carbocycles. The first-order valence-corrected chi connectivity index (χ1v) is 11.7. The number of ether oxygens (including phenoxy) is 3. The first-order valence-electron chi connectivity index (χ1n) is 11.7. The molecule has 0 heterocycles. The molecule has 7 heteroatoms. The first-order chi connectivity index (χ1) is 18.6. The summed E-state index contributed by atoms with van der Waals surface area (Å²) < 4.78 is 15.9. The summed E-state index contributed by atoms with van der Waals surface area (Å²) in [6, 6.07) is 33.1. The maximum absolute atomic E-state index is 11.5. The second-order valence-electron chi connectivity index (χ2n) is 7.96. The number of hydrogen-bond donors (Lipinski definition) is 1. The molecule has 7 nitrogen and oxygen atoms in total. The molecule has 4 aromatic rings. The Kier molecular flexibility index (Phi) is 10.4. The molecule has 0 aliphatic rings. The summed E-state index contributed by atoms with van der Waals surface area (Å²) >= 11 is 0. The summed E-state index contributed by atoms with van der Waals surface area (Å²) in [5.41, 5.74) is 3.97. The lowest BCUT2D eigenvalue weighted by Gasteiger charge is -2.09. The van der Waals surface area contributed by atoms with Crippen molar-refractivity contribution in [2.24, 2.45) is 0 Å². The van der Waals surface area contributed by atoms with Crippen LogP contribution >= 0.6 is 0 Å². The molecule has 0 fully saturated rings. The zero-order valence-corrected chi connectivity index (χ0v) is 20.8. The number of rotatable bonds is 8. The largest absolute Gasteiger partial charge is 0.488 e. The lowest BCUT2D eigenvalue weighted by molar-refractivity contribution is 0.0600. The fraction of sp³-hybridized carbons (Fsp3) is 0.129. The number of carbonyl (C=O) groups is 1. The molecule has 4 rings (SSSR count).